The highest BCUT2D eigenvalue weighted by Gasteiger charge is 2.59. The molecule has 5 aliphatic rings. The summed E-state index contributed by atoms with van der Waals surface area (Å²) in [6, 6.07) is 8.68. The summed E-state index contributed by atoms with van der Waals surface area (Å²) in [5.74, 6) is 2.77. The van der Waals surface area contributed by atoms with Crippen molar-refractivity contribution >= 4 is 11.6 Å². The van der Waals surface area contributed by atoms with E-state index in [0.29, 0.717) is 5.92 Å². The molecule has 6 rings (SSSR count). The van der Waals surface area contributed by atoms with E-state index in [1.165, 1.54) is 48.9 Å². The Hall–Kier alpha value is -1.94. The Kier molecular flexibility index (Phi) is 5.56. The number of carbonyl (C=O) groups is 1. The minimum Gasteiger partial charge on any atom is -0.393 e. The monoisotopic (exact) mass is 474 g/mol. The molecule has 6 unspecified atom stereocenters. The van der Waals surface area contributed by atoms with Crippen molar-refractivity contribution in [1.82, 2.24) is 5.01 Å². The van der Waals surface area contributed by atoms with Gasteiger partial charge in [-0.1, -0.05) is 55.3 Å². The molecule has 1 amide bonds. The van der Waals surface area contributed by atoms with Gasteiger partial charge in [-0.15, -0.1) is 0 Å². The first-order valence-electron chi connectivity index (χ1n) is 14.0. The number of fused-ring (bicyclic) bond motifs is 5. The fraction of sp³-hybridized carbons (Fsp3) is 0.677. The highest BCUT2D eigenvalue weighted by Crippen LogP contribution is 2.66. The van der Waals surface area contributed by atoms with E-state index in [0.717, 1.165) is 43.4 Å². The maximum absolute atomic E-state index is 12.6. The van der Waals surface area contributed by atoms with E-state index in [2.05, 4.69) is 51.1 Å². The standard InChI is InChI=1S/C31H42N2O2/c1-19-5-7-21(8-6-19)29-18-28(32-33(29)20(2)34)27-12-11-25-24-10-9-22-17-23(35)13-15-30(22,3)26(24)14-16-31(25,27)4/h5-9,23-27,29,35H,10-18H2,1-4H3/t23?,24?,25?,26?,27?,29?,30-,31-/m0/s1. The summed E-state index contributed by atoms with van der Waals surface area (Å²) in [4.78, 5) is 12.6. The van der Waals surface area contributed by atoms with Crippen molar-refractivity contribution in [2.24, 2.45) is 39.6 Å². The number of aliphatic hydroxyl groups excluding tert-OH is 1. The lowest BCUT2D eigenvalue weighted by Gasteiger charge is -2.58. The van der Waals surface area contributed by atoms with Gasteiger partial charge in [0.1, 0.15) is 0 Å². The zero-order valence-electron chi connectivity index (χ0n) is 22.0. The number of allylic oxidation sites excluding steroid dienone is 1. The van der Waals surface area contributed by atoms with Gasteiger partial charge in [0.15, 0.2) is 0 Å². The second-order valence-electron chi connectivity index (χ2n) is 12.9. The second kappa shape index (κ2) is 8.30. The predicted octanol–water partition coefficient (Wildman–Crippen LogP) is 6.58. The Balaban J connectivity index is 1.27. The Bertz CT molecular complexity index is 1070. The molecule has 1 heterocycles. The first-order chi connectivity index (χ1) is 16.7. The van der Waals surface area contributed by atoms with Crippen molar-refractivity contribution in [3.63, 3.8) is 0 Å². The molecule has 1 aliphatic heterocycles. The molecule has 0 saturated heterocycles. The third kappa shape index (κ3) is 3.57. The molecule has 3 fully saturated rings. The molecule has 0 aromatic heterocycles. The number of aryl methyl sites for hydroxylation is 1. The number of amides is 1. The van der Waals surface area contributed by atoms with Crippen molar-refractivity contribution in [3.05, 3.63) is 47.0 Å². The molecule has 1 aromatic rings. The van der Waals surface area contributed by atoms with E-state index in [1.807, 2.05) is 0 Å². The topological polar surface area (TPSA) is 52.9 Å². The summed E-state index contributed by atoms with van der Waals surface area (Å²) in [5.41, 5.74) is 5.83. The fourth-order valence-electron chi connectivity index (χ4n) is 9.27. The van der Waals surface area contributed by atoms with Crippen LogP contribution >= 0.6 is 0 Å². The van der Waals surface area contributed by atoms with Gasteiger partial charge in [0.25, 0.3) is 0 Å². The molecule has 4 nitrogen and oxygen atoms in total. The zero-order valence-corrected chi connectivity index (χ0v) is 22.0. The molecule has 8 atom stereocenters. The number of benzene rings is 1. The van der Waals surface area contributed by atoms with E-state index < -0.39 is 0 Å². The minimum absolute atomic E-state index is 0.0369. The second-order valence-corrected chi connectivity index (χ2v) is 12.9. The van der Waals surface area contributed by atoms with Crippen LogP contribution < -0.4 is 0 Å². The predicted molar refractivity (Wildman–Crippen MR) is 140 cm³/mol. The lowest BCUT2D eigenvalue weighted by Crippen LogP contribution is -2.51. The van der Waals surface area contributed by atoms with Crippen LogP contribution in [0.1, 0.15) is 95.7 Å². The number of carbonyl (C=O) groups excluding carboxylic acids is 1. The van der Waals surface area contributed by atoms with Crippen molar-refractivity contribution in [2.45, 2.75) is 97.6 Å². The van der Waals surface area contributed by atoms with E-state index in [-0.39, 0.29) is 28.9 Å². The van der Waals surface area contributed by atoms with E-state index in [4.69, 9.17) is 5.10 Å². The molecule has 0 spiro atoms. The lowest BCUT2D eigenvalue weighted by molar-refractivity contribution is -0.130. The van der Waals surface area contributed by atoms with E-state index in [9.17, 15) is 9.90 Å². The molecule has 0 radical (unpaired) electrons. The highest BCUT2D eigenvalue weighted by molar-refractivity contribution is 5.92. The van der Waals surface area contributed by atoms with Crippen LogP contribution in [-0.4, -0.2) is 27.8 Å². The van der Waals surface area contributed by atoms with Crippen molar-refractivity contribution in [1.29, 1.82) is 0 Å². The molecule has 4 heteroatoms. The van der Waals surface area contributed by atoms with Gasteiger partial charge in [0.05, 0.1) is 12.1 Å². The van der Waals surface area contributed by atoms with Gasteiger partial charge in [-0.05, 0) is 92.4 Å². The van der Waals surface area contributed by atoms with Crippen molar-refractivity contribution in [2.75, 3.05) is 0 Å². The van der Waals surface area contributed by atoms with Crippen LogP contribution in [0.2, 0.25) is 0 Å². The lowest BCUT2D eigenvalue weighted by atomic mass is 9.47. The Morgan fingerprint density at radius 2 is 1.80 bits per heavy atom. The molecule has 1 aromatic carbocycles. The van der Waals surface area contributed by atoms with E-state index in [1.54, 1.807) is 17.5 Å². The summed E-state index contributed by atoms with van der Waals surface area (Å²) in [6.07, 6.45) is 12.5. The third-order valence-corrected chi connectivity index (χ3v) is 11.2. The van der Waals surface area contributed by atoms with Gasteiger partial charge in [-0.25, -0.2) is 5.01 Å². The Labute approximate surface area is 210 Å². The molecule has 3 saturated carbocycles. The molecule has 188 valence electrons. The summed E-state index contributed by atoms with van der Waals surface area (Å²) < 4.78 is 0. The molecule has 1 N–H and O–H groups in total. The van der Waals surface area contributed by atoms with E-state index >= 15 is 0 Å². The van der Waals surface area contributed by atoms with Crippen LogP contribution in [-0.2, 0) is 4.79 Å². The number of nitrogens with zero attached hydrogens (tertiary/aromatic N) is 2. The third-order valence-electron chi connectivity index (χ3n) is 11.2. The van der Waals surface area contributed by atoms with Crippen LogP contribution in [0.25, 0.3) is 0 Å². The maximum atomic E-state index is 12.6. The first-order valence-corrected chi connectivity index (χ1v) is 14.0. The van der Waals surface area contributed by atoms with Gasteiger partial charge in [-0.2, -0.15) is 5.10 Å². The molecule has 0 bridgehead atoms. The van der Waals surface area contributed by atoms with Crippen LogP contribution in [0, 0.1) is 41.4 Å². The van der Waals surface area contributed by atoms with Crippen LogP contribution in [0.3, 0.4) is 0 Å². The largest absolute Gasteiger partial charge is 0.393 e. The zero-order chi connectivity index (χ0) is 24.5. The minimum atomic E-state index is -0.137. The highest BCUT2D eigenvalue weighted by atomic mass is 16.3. The number of hydrogen-bond donors (Lipinski definition) is 1. The fourth-order valence-corrected chi connectivity index (χ4v) is 9.27. The average Bonchev–Trinajstić information content (AvgIpc) is 3.41. The van der Waals surface area contributed by atoms with Crippen LogP contribution in [0.15, 0.2) is 41.0 Å². The Morgan fingerprint density at radius 1 is 1.03 bits per heavy atom. The smallest absolute Gasteiger partial charge is 0.240 e. The van der Waals surface area contributed by atoms with Gasteiger partial charge in [0.2, 0.25) is 5.91 Å². The average molecular weight is 475 g/mol. The summed E-state index contributed by atoms with van der Waals surface area (Å²) in [7, 11) is 0. The maximum Gasteiger partial charge on any atom is 0.240 e. The molecule has 35 heavy (non-hydrogen) atoms. The quantitative estimate of drug-likeness (QED) is 0.492. The van der Waals surface area contributed by atoms with Crippen LogP contribution in [0.5, 0.6) is 0 Å². The SMILES string of the molecule is CC(=O)N1N=C(C2CCC3C4CC=C5CC(O)CC[C@]5(C)C4CC[C@]23C)CC1c1ccc(C)cc1. The number of rotatable bonds is 2. The van der Waals surface area contributed by atoms with Gasteiger partial charge >= 0.3 is 0 Å². The van der Waals surface area contributed by atoms with Gasteiger partial charge in [-0.3, -0.25) is 4.79 Å². The van der Waals surface area contributed by atoms with Crippen molar-refractivity contribution < 1.29 is 9.90 Å². The summed E-state index contributed by atoms with van der Waals surface area (Å²) in [5, 5.41) is 17.1. The Morgan fingerprint density at radius 3 is 2.54 bits per heavy atom. The normalized spacial score (nSPS) is 42.6. The summed E-state index contributed by atoms with van der Waals surface area (Å²) in [6.45, 7) is 8.83. The van der Waals surface area contributed by atoms with Gasteiger partial charge in [0, 0.05) is 25.0 Å². The molecule has 4 aliphatic carbocycles. The first kappa shape index (κ1) is 23.5. The van der Waals surface area contributed by atoms with Crippen LogP contribution in [0.4, 0.5) is 0 Å². The number of hydrazone groups is 1. The molecular formula is C31H42N2O2. The van der Waals surface area contributed by atoms with Gasteiger partial charge < -0.3 is 5.11 Å². The number of aliphatic hydroxyl groups is 1. The number of hydrogen-bond acceptors (Lipinski definition) is 3. The summed E-state index contributed by atoms with van der Waals surface area (Å²) >= 11 is 0. The molecular weight excluding hydrogens is 432 g/mol. The van der Waals surface area contributed by atoms with Crippen molar-refractivity contribution in [3.8, 4) is 0 Å².